The molecule has 0 aliphatic heterocycles. The van der Waals surface area contributed by atoms with Crippen LogP contribution in [0.2, 0.25) is 0 Å². The summed E-state index contributed by atoms with van der Waals surface area (Å²) < 4.78 is 30.4. The van der Waals surface area contributed by atoms with E-state index in [1.807, 2.05) is 6.07 Å². The van der Waals surface area contributed by atoms with E-state index in [0.717, 1.165) is 24.6 Å². The third kappa shape index (κ3) is 4.34. The molecule has 1 aliphatic carbocycles. The van der Waals surface area contributed by atoms with Crippen molar-refractivity contribution in [2.45, 2.75) is 25.7 Å². The minimum atomic E-state index is -2.69. The lowest BCUT2D eigenvalue weighted by molar-refractivity contribution is 0.144. The fraction of sp³-hybridized carbons (Fsp3) is 0.294. The third-order valence-corrected chi connectivity index (χ3v) is 3.88. The fourth-order valence-corrected chi connectivity index (χ4v) is 2.62. The van der Waals surface area contributed by atoms with E-state index < -0.39 is 12.1 Å². The Bertz CT molecular complexity index is 794. The topological polar surface area (TPSA) is 83.2 Å². The summed E-state index contributed by atoms with van der Waals surface area (Å²) in [5.74, 6) is 0. The molecule has 1 heterocycles. The monoisotopic (exact) mass is 345 g/mol. The Morgan fingerprint density at radius 2 is 2.16 bits per heavy atom. The quantitative estimate of drug-likeness (QED) is 0.734. The molecule has 0 unspecified atom stereocenters. The Kier molecular flexibility index (Phi) is 5.27. The van der Waals surface area contributed by atoms with Crippen molar-refractivity contribution < 1.29 is 13.5 Å². The summed E-state index contributed by atoms with van der Waals surface area (Å²) in [4.78, 5) is 7.37. The fourth-order valence-electron chi connectivity index (χ4n) is 2.62. The standard InChI is InChI=1S/C17H17F2N5O/c18-16(19)15-6-7-21-17(23-15)25-10-14(24-20)9-22-13-5-4-11-2-1-3-12(11)8-13/h4-9,16,20,22H,1-3,10H2/b14-9-,24-20?. The van der Waals surface area contributed by atoms with Crippen LogP contribution in [-0.2, 0) is 12.8 Å². The molecule has 0 spiro atoms. The van der Waals surface area contributed by atoms with Crippen LogP contribution < -0.4 is 10.1 Å². The molecular formula is C17H17F2N5O. The number of aromatic nitrogens is 2. The van der Waals surface area contributed by atoms with Crippen LogP contribution in [0, 0.1) is 5.53 Å². The normalized spacial score (nSPS) is 13.6. The van der Waals surface area contributed by atoms with E-state index in [9.17, 15) is 8.78 Å². The van der Waals surface area contributed by atoms with Crippen molar-refractivity contribution in [2.24, 2.45) is 5.11 Å². The van der Waals surface area contributed by atoms with E-state index in [2.05, 4.69) is 32.5 Å². The predicted octanol–water partition coefficient (Wildman–Crippen LogP) is 4.27. The molecule has 1 aliphatic rings. The van der Waals surface area contributed by atoms with Crippen LogP contribution in [0.15, 0.2) is 47.5 Å². The van der Waals surface area contributed by atoms with Crippen molar-refractivity contribution in [3.63, 3.8) is 0 Å². The molecule has 0 saturated heterocycles. The van der Waals surface area contributed by atoms with Gasteiger partial charge in [-0.1, -0.05) is 6.07 Å². The first kappa shape index (κ1) is 16.9. The van der Waals surface area contributed by atoms with Crippen molar-refractivity contribution in [2.75, 3.05) is 11.9 Å². The Morgan fingerprint density at radius 3 is 2.96 bits per heavy atom. The zero-order chi connectivity index (χ0) is 17.6. The van der Waals surface area contributed by atoms with Crippen LogP contribution in [0.4, 0.5) is 14.5 Å². The van der Waals surface area contributed by atoms with E-state index >= 15 is 0 Å². The van der Waals surface area contributed by atoms with Crippen LogP contribution in [0.5, 0.6) is 6.01 Å². The summed E-state index contributed by atoms with van der Waals surface area (Å²) in [6.07, 6.45) is 3.42. The van der Waals surface area contributed by atoms with E-state index in [4.69, 9.17) is 10.3 Å². The van der Waals surface area contributed by atoms with E-state index in [1.54, 1.807) is 6.20 Å². The number of anilines is 1. The first-order chi connectivity index (χ1) is 12.2. The first-order valence-electron chi connectivity index (χ1n) is 7.84. The summed E-state index contributed by atoms with van der Waals surface area (Å²) >= 11 is 0. The number of alkyl halides is 2. The van der Waals surface area contributed by atoms with Crippen LogP contribution in [-0.4, -0.2) is 16.6 Å². The summed E-state index contributed by atoms with van der Waals surface area (Å²) in [5.41, 5.74) is 10.7. The number of ether oxygens (including phenoxy) is 1. The number of aryl methyl sites for hydroxylation is 2. The van der Waals surface area contributed by atoms with Gasteiger partial charge in [-0.05, 0) is 48.6 Å². The number of nitrogens with one attached hydrogen (secondary N) is 2. The van der Waals surface area contributed by atoms with Gasteiger partial charge in [0.05, 0.1) is 0 Å². The number of rotatable bonds is 7. The molecule has 2 aromatic rings. The molecule has 1 aromatic heterocycles. The number of hydrogen-bond donors (Lipinski definition) is 2. The molecule has 2 N–H and O–H groups in total. The van der Waals surface area contributed by atoms with Crippen LogP contribution in [0.3, 0.4) is 0 Å². The third-order valence-electron chi connectivity index (χ3n) is 3.88. The predicted molar refractivity (Wildman–Crippen MR) is 87.8 cm³/mol. The van der Waals surface area contributed by atoms with Crippen molar-refractivity contribution in [3.8, 4) is 6.01 Å². The highest BCUT2D eigenvalue weighted by molar-refractivity contribution is 5.51. The molecule has 0 bridgehead atoms. The molecule has 0 fully saturated rings. The maximum Gasteiger partial charge on any atom is 0.317 e. The van der Waals surface area contributed by atoms with Crippen LogP contribution in [0.25, 0.3) is 0 Å². The van der Waals surface area contributed by atoms with Gasteiger partial charge in [-0.2, -0.15) is 10.1 Å². The lowest BCUT2D eigenvalue weighted by Gasteiger charge is -2.07. The van der Waals surface area contributed by atoms with Crippen molar-refractivity contribution >= 4 is 5.69 Å². The molecule has 3 rings (SSSR count). The molecule has 130 valence electrons. The van der Waals surface area contributed by atoms with E-state index in [-0.39, 0.29) is 18.3 Å². The minimum absolute atomic E-state index is 0.103. The average Bonchev–Trinajstić information content (AvgIpc) is 3.10. The zero-order valence-electron chi connectivity index (χ0n) is 13.4. The van der Waals surface area contributed by atoms with Gasteiger partial charge in [-0.3, -0.25) is 0 Å². The molecule has 1 aromatic carbocycles. The summed E-state index contributed by atoms with van der Waals surface area (Å²) in [5, 5.41) is 6.44. The number of benzene rings is 1. The second-order valence-corrected chi connectivity index (χ2v) is 5.58. The lowest BCUT2D eigenvalue weighted by atomic mass is 10.1. The molecular weight excluding hydrogens is 328 g/mol. The van der Waals surface area contributed by atoms with Gasteiger partial charge in [0.15, 0.2) is 0 Å². The van der Waals surface area contributed by atoms with Crippen molar-refractivity contribution in [3.05, 3.63) is 59.2 Å². The van der Waals surface area contributed by atoms with Crippen molar-refractivity contribution in [1.82, 2.24) is 9.97 Å². The second-order valence-electron chi connectivity index (χ2n) is 5.58. The van der Waals surface area contributed by atoms with Gasteiger partial charge in [-0.15, -0.1) is 0 Å². The highest BCUT2D eigenvalue weighted by Crippen LogP contribution is 2.25. The number of halogens is 2. The van der Waals surface area contributed by atoms with Gasteiger partial charge in [0.2, 0.25) is 0 Å². The number of hydrogen-bond acceptors (Lipinski definition) is 6. The Hall–Kier alpha value is -2.90. The van der Waals surface area contributed by atoms with Gasteiger partial charge in [0, 0.05) is 18.1 Å². The largest absolute Gasteiger partial charge is 0.457 e. The summed E-state index contributed by atoms with van der Waals surface area (Å²) in [6.45, 7) is -0.103. The molecule has 0 radical (unpaired) electrons. The van der Waals surface area contributed by atoms with E-state index in [0.29, 0.717) is 0 Å². The average molecular weight is 345 g/mol. The van der Waals surface area contributed by atoms with Crippen molar-refractivity contribution in [1.29, 1.82) is 5.53 Å². The van der Waals surface area contributed by atoms with Gasteiger partial charge < -0.3 is 10.1 Å². The zero-order valence-corrected chi connectivity index (χ0v) is 13.4. The van der Waals surface area contributed by atoms with E-state index in [1.165, 1.54) is 23.7 Å². The number of fused-ring (bicyclic) bond motifs is 1. The highest BCUT2D eigenvalue weighted by atomic mass is 19.3. The minimum Gasteiger partial charge on any atom is -0.457 e. The first-order valence-corrected chi connectivity index (χ1v) is 7.84. The second kappa shape index (κ2) is 7.78. The maximum absolute atomic E-state index is 12.6. The Morgan fingerprint density at radius 1 is 1.32 bits per heavy atom. The highest BCUT2D eigenvalue weighted by Gasteiger charge is 2.12. The number of nitrogens with zero attached hydrogens (tertiary/aromatic N) is 3. The van der Waals surface area contributed by atoms with Crippen LogP contribution >= 0.6 is 0 Å². The smallest absolute Gasteiger partial charge is 0.317 e. The molecule has 6 nitrogen and oxygen atoms in total. The summed E-state index contributed by atoms with van der Waals surface area (Å²) in [7, 11) is 0. The summed E-state index contributed by atoms with van der Waals surface area (Å²) in [6, 6.07) is 7.09. The Balaban J connectivity index is 1.61. The van der Waals surface area contributed by atoms with Gasteiger partial charge >= 0.3 is 6.01 Å². The molecule has 0 atom stereocenters. The maximum atomic E-state index is 12.6. The van der Waals surface area contributed by atoms with Gasteiger partial charge in [-0.25, -0.2) is 19.3 Å². The molecule has 25 heavy (non-hydrogen) atoms. The SMILES string of the molecule is N=N/C(=C\Nc1ccc2c(c1)CCC2)COc1nccc(C(F)F)n1. The molecule has 0 saturated carbocycles. The van der Waals surface area contributed by atoms with Gasteiger partial charge in [0.25, 0.3) is 6.43 Å². The van der Waals surface area contributed by atoms with Gasteiger partial charge in [0.1, 0.15) is 18.0 Å². The van der Waals surface area contributed by atoms with Crippen LogP contribution in [0.1, 0.15) is 29.7 Å². The lowest BCUT2D eigenvalue weighted by Crippen LogP contribution is -2.05. The molecule has 0 amide bonds. The Labute approximate surface area is 143 Å². The molecule has 8 heteroatoms.